The van der Waals surface area contributed by atoms with Gasteiger partial charge >= 0.3 is 0 Å². The van der Waals surface area contributed by atoms with E-state index in [1.165, 1.54) is 0 Å². The van der Waals surface area contributed by atoms with Gasteiger partial charge in [-0.05, 0) is 27.7 Å². The Morgan fingerprint density at radius 3 is 0.955 bits per heavy atom. The Labute approximate surface area is 129 Å². The van der Waals surface area contributed by atoms with Crippen molar-refractivity contribution in [3.63, 3.8) is 0 Å². The van der Waals surface area contributed by atoms with Crippen molar-refractivity contribution >= 4 is 11.9 Å². The van der Waals surface area contributed by atoms with E-state index in [1.54, 1.807) is 0 Å². The Bertz CT molecular complexity index is 276. The minimum absolute atomic E-state index is 0.583. The summed E-state index contributed by atoms with van der Waals surface area (Å²) in [7, 11) is 0. The summed E-state index contributed by atoms with van der Waals surface area (Å²) in [4.78, 5) is 19.9. The molecule has 134 valence electrons. The van der Waals surface area contributed by atoms with Crippen molar-refractivity contribution in [3.05, 3.63) is 0 Å². The Hall–Kier alpha value is -1.30. The highest BCUT2D eigenvalue weighted by molar-refractivity contribution is 5.72. The van der Waals surface area contributed by atoms with Crippen molar-refractivity contribution in [2.45, 2.75) is 64.2 Å². The molecule has 0 saturated heterocycles. The molecular weight excluding hydrogens is 300 g/mol. The van der Waals surface area contributed by atoms with Crippen molar-refractivity contribution < 1.29 is 51.7 Å². The highest BCUT2D eigenvalue weighted by Crippen LogP contribution is 2.04. The topological polar surface area (TPSA) is 216 Å². The van der Waals surface area contributed by atoms with Gasteiger partial charge < -0.3 is 51.7 Å². The van der Waals surface area contributed by atoms with E-state index in [2.05, 4.69) is 39.2 Å². The van der Waals surface area contributed by atoms with Gasteiger partial charge in [-0.3, -0.25) is 0 Å². The smallest absolute Gasteiger partial charge is 0.122 e. The molecule has 0 amide bonds. The van der Waals surface area contributed by atoms with E-state index >= 15 is 0 Å². The van der Waals surface area contributed by atoms with Gasteiger partial charge in [0.2, 0.25) is 0 Å². The third-order valence-corrected chi connectivity index (χ3v) is 1.48. The van der Waals surface area contributed by atoms with E-state index in [0.29, 0.717) is 12.1 Å². The molecule has 0 aromatic heterocycles. The average Bonchev–Trinajstić information content (AvgIpc) is 2.33. The zero-order valence-electron chi connectivity index (χ0n) is 13.3. The third-order valence-electron chi connectivity index (χ3n) is 1.48. The molecule has 0 aliphatic carbocycles. The lowest BCUT2D eigenvalue weighted by molar-refractivity contribution is -0.408. The summed E-state index contributed by atoms with van der Waals surface area (Å²) in [6.07, 6.45) is -9.76. The van der Waals surface area contributed by atoms with Gasteiger partial charge in [0.05, 0.1) is 24.0 Å². The molecular formula is C12H28N2O8. The fourth-order valence-corrected chi connectivity index (χ4v) is 0.652. The predicted octanol–water partition coefficient (Wildman–Crippen LogP) is -6.80. The van der Waals surface area contributed by atoms with Gasteiger partial charge in [-0.15, -0.1) is 0 Å². The zero-order valence-corrected chi connectivity index (χ0v) is 13.3. The molecule has 10 heteroatoms. The lowest BCUT2D eigenvalue weighted by atomic mass is 10.0. The molecule has 0 unspecified atom stereocenters. The van der Waals surface area contributed by atoms with E-state index in [-0.39, 0.29) is 0 Å². The van der Waals surface area contributed by atoms with Crippen LogP contribution in [0, 0.1) is 0 Å². The zero-order chi connectivity index (χ0) is 18.6. The van der Waals surface area contributed by atoms with Gasteiger partial charge in [0.15, 0.2) is 0 Å². The molecule has 0 heterocycles. The number of carboxylic acid groups (broad SMARTS) is 2. The Morgan fingerprint density at radius 1 is 0.727 bits per heavy atom. The minimum Gasteiger partial charge on any atom is -0.547 e. The maximum atomic E-state index is 9.96. The van der Waals surface area contributed by atoms with Crippen LogP contribution in [0.25, 0.3) is 0 Å². The van der Waals surface area contributed by atoms with Crippen LogP contribution >= 0.6 is 0 Å². The van der Waals surface area contributed by atoms with Gasteiger partial charge in [0.1, 0.15) is 24.4 Å². The van der Waals surface area contributed by atoms with Crippen molar-refractivity contribution in [1.29, 1.82) is 0 Å². The maximum absolute atomic E-state index is 9.96. The van der Waals surface area contributed by atoms with Crippen LogP contribution in [0.3, 0.4) is 0 Å². The minimum atomic E-state index is -2.50. The Morgan fingerprint density at radius 2 is 0.864 bits per heavy atom. The molecule has 10 nitrogen and oxygen atoms in total. The molecule has 0 saturated carbocycles. The molecule has 0 aliphatic rings. The van der Waals surface area contributed by atoms with Gasteiger partial charge in [-0.2, -0.15) is 0 Å². The first-order chi connectivity index (χ1) is 9.75. The van der Waals surface area contributed by atoms with E-state index in [4.69, 9.17) is 20.4 Å². The average molecular weight is 328 g/mol. The number of aliphatic hydroxyl groups excluding tert-OH is 4. The second kappa shape index (κ2) is 13.4. The molecule has 0 rings (SSSR count). The normalized spacial score (nSPS) is 15.6. The molecule has 10 N–H and O–H groups in total. The van der Waals surface area contributed by atoms with Crippen LogP contribution in [0.2, 0.25) is 0 Å². The van der Waals surface area contributed by atoms with Crippen molar-refractivity contribution in [2.24, 2.45) is 0 Å². The second-order valence-corrected chi connectivity index (χ2v) is 5.30. The summed E-state index contributed by atoms with van der Waals surface area (Å²) in [6, 6.07) is 1.17. The molecule has 22 heavy (non-hydrogen) atoms. The van der Waals surface area contributed by atoms with Gasteiger partial charge in [0, 0.05) is 0 Å². The molecule has 0 spiro atoms. The van der Waals surface area contributed by atoms with Crippen LogP contribution < -0.4 is 21.7 Å². The van der Waals surface area contributed by atoms with Crippen LogP contribution in [0.1, 0.15) is 27.7 Å². The molecule has 0 radical (unpaired) electrons. The second-order valence-electron chi connectivity index (χ2n) is 5.30. The quantitative estimate of drug-likeness (QED) is 0.284. The summed E-state index contributed by atoms with van der Waals surface area (Å²) < 4.78 is 0. The van der Waals surface area contributed by atoms with E-state index in [1.807, 2.05) is 0 Å². The van der Waals surface area contributed by atoms with Crippen LogP contribution in [0.5, 0.6) is 0 Å². The number of aliphatic carboxylic acids is 2. The first kappa shape index (κ1) is 25.6. The number of hydrogen-bond donors (Lipinski definition) is 6. The fourth-order valence-electron chi connectivity index (χ4n) is 0.652. The van der Waals surface area contributed by atoms with Gasteiger partial charge in [0.25, 0.3) is 0 Å². The van der Waals surface area contributed by atoms with Crippen LogP contribution in [0.4, 0.5) is 0 Å². The highest BCUT2D eigenvalue weighted by atomic mass is 16.4. The summed E-state index contributed by atoms with van der Waals surface area (Å²) in [5, 5.41) is 54.7. The predicted molar refractivity (Wildman–Crippen MR) is 70.1 cm³/mol. The summed E-state index contributed by atoms with van der Waals surface area (Å²) in [6.45, 7) is 8.22. The number of carboxylic acids is 2. The van der Waals surface area contributed by atoms with E-state index in [0.717, 1.165) is 0 Å². The molecule has 0 aromatic carbocycles. The SMILES string of the molecule is CC(C)[NH3+].CC(C)[NH3+].O=C([O-])[C@@H](O)[C@@H](O)[C@H](O)[C@@H](O)C(=O)[O-]. The lowest BCUT2D eigenvalue weighted by Gasteiger charge is -2.27. The number of quaternary nitrogens is 2. The van der Waals surface area contributed by atoms with Crippen LogP contribution in [-0.4, -0.2) is 68.9 Å². The van der Waals surface area contributed by atoms with E-state index < -0.39 is 36.4 Å². The molecule has 0 bridgehead atoms. The molecule has 0 fully saturated rings. The number of hydrogen-bond acceptors (Lipinski definition) is 8. The largest absolute Gasteiger partial charge is 0.547 e. The monoisotopic (exact) mass is 328 g/mol. The van der Waals surface area contributed by atoms with Gasteiger partial charge in [-0.1, -0.05) is 0 Å². The number of carbonyl (C=O) groups excluding carboxylic acids is 2. The standard InChI is InChI=1S/C6H10O8.2C3H9N/c7-1(3(9)5(11)12)2(8)4(10)6(13)14;2*1-3(2)4/h1-4,7-10H,(H,11,12)(H,13,14);2*3H,4H2,1-2H3/t1-,2-,3-,4+;;/m0../s1. The molecule has 4 atom stereocenters. The Kier molecular flexibility index (Phi) is 15.6. The number of carbonyl (C=O) groups is 2. The lowest BCUT2D eigenvalue weighted by Crippen LogP contribution is -2.57. The highest BCUT2D eigenvalue weighted by Gasteiger charge is 2.31. The first-order valence-electron chi connectivity index (χ1n) is 6.55. The van der Waals surface area contributed by atoms with Crippen LogP contribution in [0.15, 0.2) is 0 Å². The first-order valence-corrected chi connectivity index (χ1v) is 6.55. The van der Waals surface area contributed by atoms with E-state index in [9.17, 15) is 19.8 Å². The fraction of sp³-hybridized carbons (Fsp3) is 0.833. The summed E-state index contributed by atoms with van der Waals surface area (Å²) in [5.41, 5.74) is 7.28. The summed E-state index contributed by atoms with van der Waals surface area (Å²) >= 11 is 0. The number of rotatable bonds is 5. The number of aliphatic hydroxyl groups is 4. The van der Waals surface area contributed by atoms with Crippen LogP contribution in [-0.2, 0) is 9.59 Å². The summed E-state index contributed by atoms with van der Waals surface area (Å²) in [5.74, 6) is -4.22. The van der Waals surface area contributed by atoms with Crippen molar-refractivity contribution in [1.82, 2.24) is 0 Å². The van der Waals surface area contributed by atoms with Crippen molar-refractivity contribution in [2.75, 3.05) is 0 Å². The third kappa shape index (κ3) is 16.8. The van der Waals surface area contributed by atoms with Gasteiger partial charge in [-0.25, -0.2) is 0 Å². The molecule has 0 aromatic rings. The van der Waals surface area contributed by atoms with Crippen molar-refractivity contribution in [3.8, 4) is 0 Å². The molecule has 0 aliphatic heterocycles. The Balaban J connectivity index is -0.000000372. The maximum Gasteiger partial charge on any atom is 0.122 e.